The third-order valence-corrected chi connectivity index (χ3v) is 5.98. The van der Waals surface area contributed by atoms with Gasteiger partial charge in [-0.05, 0) is 46.8 Å². The molecule has 1 N–H and O–H groups in total. The number of para-hydroxylation sites is 1. The summed E-state index contributed by atoms with van der Waals surface area (Å²) in [7, 11) is 0. The highest BCUT2D eigenvalue weighted by atomic mass is 32.2. The number of rotatable bonds is 4. The molecule has 156 valence electrons. The molecular formula is C22H25N5O2S. The number of hydrogen-bond donors (Lipinski definition) is 1. The quantitative estimate of drug-likeness (QED) is 0.679. The van der Waals surface area contributed by atoms with Crippen molar-refractivity contribution in [1.29, 1.82) is 0 Å². The van der Waals surface area contributed by atoms with Gasteiger partial charge in [0.1, 0.15) is 11.6 Å². The topological polar surface area (TPSA) is 81.9 Å². The lowest BCUT2D eigenvalue weighted by atomic mass is 10.0. The molecule has 0 bridgehead atoms. The lowest BCUT2D eigenvalue weighted by Gasteiger charge is -2.20. The molecule has 0 spiro atoms. The van der Waals surface area contributed by atoms with Gasteiger partial charge in [-0.2, -0.15) is 9.78 Å². The zero-order chi connectivity index (χ0) is 21.4. The monoisotopic (exact) mass is 423 g/mol. The highest BCUT2D eigenvalue weighted by molar-refractivity contribution is 8.00. The molecule has 3 heterocycles. The van der Waals surface area contributed by atoms with E-state index in [0.717, 1.165) is 34.0 Å². The summed E-state index contributed by atoms with van der Waals surface area (Å²) in [6, 6.07) is 9.90. The maximum Gasteiger partial charge on any atom is 0.252 e. The van der Waals surface area contributed by atoms with Crippen molar-refractivity contribution in [2.45, 2.75) is 46.0 Å². The SMILES string of the molecule is Cc1cc(C)nc(-n2nc(C)c3c2NC(=O)CSC3c2ccccc2OC(C)C)n1. The first-order chi connectivity index (χ1) is 14.3. The van der Waals surface area contributed by atoms with E-state index in [1.165, 1.54) is 0 Å². The van der Waals surface area contributed by atoms with Crippen LogP contribution < -0.4 is 10.1 Å². The number of aromatic nitrogens is 4. The van der Waals surface area contributed by atoms with Gasteiger partial charge in [0.2, 0.25) is 5.91 Å². The number of anilines is 1. The van der Waals surface area contributed by atoms with E-state index < -0.39 is 0 Å². The van der Waals surface area contributed by atoms with E-state index in [1.807, 2.05) is 58.9 Å². The van der Waals surface area contributed by atoms with E-state index >= 15 is 0 Å². The minimum absolute atomic E-state index is 0.0497. The van der Waals surface area contributed by atoms with Gasteiger partial charge in [0.05, 0.1) is 22.8 Å². The van der Waals surface area contributed by atoms with Gasteiger partial charge in [-0.1, -0.05) is 18.2 Å². The molecule has 7 nitrogen and oxygen atoms in total. The number of thioether (sulfide) groups is 1. The first kappa shape index (κ1) is 20.4. The smallest absolute Gasteiger partial charge is 0.252 e. The van der Waals surface area contributed by atoms with Crippen molar-refractivity contribution in [3.05, 3.63) is 58.5 Å². The fourth-order valence-electron chi connectivity index (χ4n) is 3.63. The minimum Gasteiger partial charge on any atom is -0.491 e. The Kier molecular flexibility index (Phi) is 5.51. The van der Waals surface area contributed by atoms with Crippen LogP contribution in [0.5, 0.6) is 5.75 Å². The summed E-state index contributed by atoms with van der Waals surface area (Å²) in [5.41, 5.74) is 4.50. The highest BCUT2D eigenvalue weighted by Crippen LogP contribution is 2.46. The van der Waals surface area contributed by atoms with Gasteiger partial charge in [0, 0.05) is 22.5 Å². The molecule has 1 atom stereocenters. The molecule has 8 heteroatoms. The Morgan fingerprint density at radius 1 is 1.17 bits per heavy atom. The number of aryl methyl sites for hydroxylation is 3. The maximum atomic E-state index is 12.6. The average molecular weight is 424 g/mol. The second-order valence-electron chi connectivity index (χ2n) is 7.65. The molecule has 3 aromatic rings. The first-order valence-corrected chi connectivity index (χ1v) is 11.0. The van der Waals surface area contributed by atoms with Crippen LogP contribution in [0, 0.1) is 20.8 Å². The normalized spacial score (nSPS) is 16.2. The summed E-state index contributed by atoms with van der Waals surface area (Å²) in [4.78, 5) is 21.7. The van der Waals surface area contributed by atoms with Gasteiger partial charge >= 0.3 is 0 Å². The number of benzene rings is 1. The Bertz CT molecular complexity index is 1090. The van der Waals surface area contributed by atoms with Crippen LogP contribution in [0.2, 0.25) is 0 Å². The lowest BCUT2D eigenvalue weighted by molar-refractivity contribution is -0.113. The van der Waals surface area contributed by atoms with Crippen LogP contribution in [0.4, 0.5) is 5.82 Å². The zero-order valence-electron chi connectivity index (χ0n) is 17.8. The van der Waals surface area contributed by atoms with E-state index in [1.54, 1.807) is 16.4 Å². The van der Waals surface area contributed by atoms with Crippen molar-refractivity contribution in [2.24, 2.45) is 0 Å². The summed E-state index contributed by atoms with van der Waals surface area (Å²) in [6.45, 7) is 9.81. The number of ether oxygens (including phenoxy) is 1. The second kappa shape index (κ2) is 8.10. The number of nitrogens with one attached hydrogen (secondary N) is 1. The predicted octanol–water partition coefficient (Wildman–Crippen LogP) is 4.15. The number of fused-ring (bicyclic) bond motifs is 1. The van der Waals surface area contributed by atoms with E-state index in [4.69, 9.17) is 9.84 Å². The number of amides is 1. The summed E-state index contributed by atoms with van der Waals surface area (Å²) in [5, 5.41) is 7.64. The fourth-order valence-corrected chi connectivity index (χ4v) is 4.85. The molecule has 1 amide bonds. The van der Waals surface area contributed by atoms with Crippen molar-refractivity contribution < 1.29 is 9.53 Å². The molecular weight excluding hydrogens is 398 g/mol. The van der Waals surface area contributed by atoms with Crippen LogP contribution in [0.15, 0.2) is 30.3 Å². The maximum absolute atomic E-state index is 12.6. The second-order valence-corrected chi connectivity index (χ2v) is 8.75. The molecule has 0 saturated heterocycles. The third-order valence-electron chi connectivity index (χ3n) is 4.73. The van der Waals surface area contributed by atoms with Crippen molar-refractivity contribution in [3.63, 3.8) is 0 Å². The van der Waals surface area contributed by atoms with Crippen LogP contribution in [-0.2, 0) is 4.79 Å². The van der Waals surface area contributed by atoms with E-state index in [0.29, 0.717) is 17.5 Å². The Morgan fingerprint density at radius 2 is 1.87 bits per heavy atom. The predicted molar refractivity (Wildman–Crippen MR) is 119 cm³/mol. The Morgan fingerprint density at radius 3 is 2.57 bits per heavy atom. The van der Waals surface area contributed by atoms with Crippen LogP contribution in [-0.4, -0.2) is 37.5 Å². The van der Waals surface area contributed by atoms with Gasteiger partial charge < -0.3 is 10.1 Å². The zero-order valence-corrected chi connectivity index (χ0v) is 18.6. The van der Waals surface area contributed by atoms with E-state index in [2.05, 4.69) is 21.4 Å². The molecule has 1 aliphatic heterocycles. The Balaban J connectivity index is 1.89. The lowest BCUT2D eigenvalue weighted by Crippen LogP contribution is -2.17. The van der Waals surface area contributed by atoms with E-state index in [9.17, 15) is 4.79 Å². The van der Waals surface area contributed by atoms with Crippen LogP contribution in [0.1, 0.15) is 47.3 Å². The molecule has 1 aromatic carbocycles. The highest BCUT2D eigenvalue weighted by Gasteiger charge is 2.32. The molecule has 0 aliphatic carbocycles. The van der Waals surface area contributed by atoms with Gasteiger partial charge in [0.25, 0.3) is 5.95 Å². The largest absolute Gasteiger partial charge is 0.491 e. The van der Waals surface area contributed by atoms with Gasteiger partial charge in [-0.25, -0.2) is 9.97 Å². The third kappa shape index (κ3) is 3.92. The van der Waals surface area contributed by atoms with Crippen molar-refractivity contribution in [2.75, 3.05) is 11.1 Å². The number of carbonyl (C=O) groups excluding carboxylic acids is 1. The van der Waals surface area contributed by atoms with Crippen molar-refractivity contribution in [3.8, 4) is 11.7 Å². The molecule has 0 radical (unpaired) electrons. The Labute approximate surface area is 180 Å². The summed E-state index contributed by atoms with van der Waals surface area (Å²) in [5.74, 6) is 2.16. The standard InChI is InChI=1S/C22H25N5O2S/c1-12(2)29-17-9-7-6-8-16(17)20-19-15(5)26-27(21(19)25-18(28)11-30-20)22-23-13(3)10-14(4)24-22/h6-10,12,20H,11H2,1-5H3,(H,25,28). The molecule has 1 unspecified atom stereocenters. The van der Waals surface area contributed by atoms with Crippen LogP contribution in [0.3, 0.4) is 0 Å². The number of hydrogen-bond acceptors (Lipinski definition) is 6. The number of nitrogens with zero attached hydrogens (tertiary/aromatic N) is 4. The van der Waals surface area contributed by atoms with Gasteiger partial charge in [-0.3, -0.25) is 4.79 Å². The molecule has 1 aliphatic rings. The summed E-state index contributed by atoms with van der Waals surface area (Å²) >= 11 is 1.57. The molecule has 30 heavy (non-hydrogen) atoms. The summed E-state index contributed by atoms with van der Waals surface area (Å²) < 4.78 is 7.72. The molecule has 0 fully saturated rings. The van der Waals surface area contributed by atoms with Gasteiger partial charge in [0.15, 0.2) is 0 Å². The van der Waals surface area contributed by atoms with Crippen LogP contribution >= 0.6 is 11.8 Å². The van der Waals surface area contributed by atoms with Crippen molar-refractivity contribution in [1.82, 2.24) is 19.7 Å². The van der Waals surface area contributed by atoms with Crippen molar-refractivity contribution >= 4 is 23.5 Å². The molecule has 2 aromatic heterocycles. The summed E-state index contributed by atoms with van der Waals surface area (Å²) in [6.07, 6.45) is 0.0497. The van der Waals surface area contributed by atoms with Gasteiger partial charge in [-0.15, -0.1) is 11.8 Å². The molecule has 4 rings (SSSR count). The minimum atomic E-state index is -0.103. The first-order valence-electron chi connectivity index (χ1n) is 9.92. The number of carbonyl (C=O) groups is 1. The van der Waals surface area contributed by atoms with E-state index in [-0.39, 0.29) is 17.3 Å². The average Bonchev–Trinajstić information content (AvgIpc) is 2.87. The van der Waals surface area contributed by atoms with Crippen LogP contribution in [0.25, 0.3) is 5.95 Å². The fraction of sp³-hybridized carbons (Fsp3) is 0.364. The Hall–Kier alpha value is -2.87. The molecule has 0 saturated carbocycles.